The Morgan fingerprint density at radius 2 is 1.59 bits per heavy atom. The lowest BCUT2D eigenvalue weighted by Gasteiger charge is -2.26. The summed E-state index contributed by atoms with van der Waals surface area (Å²) in [6, 6.07) is 17.3. The number of amides is 2. The van der Waals surface area contributed by atoms with Gasteiger partial charge in [0.25, 0.3) is 5.91 Å². The minimum atomic E-state index is -4.82. The number of benzene rings is 2. The molecule has 5 rings (SSSR count). The number of alkyl halides is 3. The summed E-state index contributed by atoms with van der Waals surface area (Å²) in [4.78, 5) is 42.2. The summed E-state index contributed by atoms with van der Waals surface area (Å²) in [5.74, 6) is -1.37. The molecule has 1 saturated carbocycles. The fourth-order valence-electron chi connectivity index (χ4n) is 5.20. The van der Waals surface area contributed by atoms with Crippen LogP contribution in [0.5, 0.6) is 0 Å². The van der Waals surface area contributed by atoms with Crippen molar-refractivity contribution in [3.63, 3.8) is 0 Å². The van der Waals surface area contributed by atoms with Gasteiger partial charge in [0.15, 0.2) is 23.0 Å². The highest BCUT2D eigenvalue weighted by Gasteiger charge is 2.39. The molecule has 0 bridgehead atoms. The van der Waals surface area contributed by atoms with E-state index in [-0.39, 0.29) is 36.5 Å². The van der Waals surface area contributed by atoms with Crippen LogP contribution in [-0.4, -0.2) is 52.7 Å². The minimum Gasteiger partial charge on any atom is -0.464 e. The predicted molar refractivity (Wildman–Crippen MR) is 152 cm³/mol. The molecule has 1 aliphatic carbocycles. The Labute approximate surface area is 250 Å². The minimum absolute atomic E-state index is 0.0430. The lowest BCUT2D eigenvalue weighted by atomic mass is 9.81. The Morgan fingerprint density at radius 1 is 0.955 bits per heavy atom. The molecule has 2 aromatic heterocycles. The van der Waals surface area contributed by atoms with Gasteiger partial charge in [-0.1, -0.05) is 48.5 Å². The van der Waals surface area contributed by atoms with E-state index in [2.05, 4.69) is 20.7 Å². The topological polar surface area (TPSA) is 128 Å². The van der Waals surface area contributed by atoms with Crippen molar-refractivity contribution >= 4 is 17.8 Å². The van der Waals surface area contributed by atoms with Crippen LogP contribution >= 0.6 is 0 Å². The number of methoxy groups -OCH3 is 1. The molecule has 0 spiro atoms. The molecule has 4 aromatic rings. The van der Waals surface area contributed by atoms with Crippen molar-refractivity contribution in [3.8, 4) is 17.0 Å². The van der Waals surface area contributed by atoms with Crippen molar-refractivity contribution in [2.75, 3.05) is 20.2 Å². The van der Waals surface area contributed by atoms with Crippen molar-refractivity contribution in [2.24, 2.45) is 5.92 Å². The molecule has 2 aromatic carbocycles. The zero-order chi connectivity index (χ0) is 31.3. The smallest absolute Gasteiger partial charge is 0.435 e. The van der Waals surface area contributed by atoms with Crippen LogP contribution in [0, 0.1) is 5.92 Å². The lowest BCUT2D eigenvalue weighted by molar-refractivity contribution is -0.141. The third-order valence-corrected chi connectivity index (χ3v) is 7.46. The molecule has 13 heteroatoms. The van der Waals surface area contributed by atoms with Crippen molar-refractivity contribution in [1.82, 2.24) is 25.4 Å². The Morgan fingerprint density at radius 3 is 2.23 bits per heavy atom. The molecule has 1 fully saturated rings. The van der Waals surface area contributed by atoms with Crippen LogP contribution in [0.4, 0.5) is 13.2 Å². The van der Waals surface area contributed by atoms with Gasteiger partial charge in [0, 0.05) is 36.7 Å². The molecule has 0 atom stereocenters. The molecule has 0 saturated heterocycles. The van der Waals surface area contributed by atoms with E-state index in [1.165, 1.54) is 7.11 Å². The molecule has 230 valence electrons. The van der Waals surface area contributed by atoms with E-state index < -0.39 is 29.3 Å². The number of nitrogens with zero attached hydrogens (tertiary/aromatic N) is 3. The van der Waals surface area contributed by atoms with Crippen LogP contribution in [0.3, 0.4) is 0 Å². The zero-order valence-electron chi connectivity index (χ0n) is 23.8. The Kier molecular flexibility index (Phi) is 9.12. The van der Waals surface area contributed by atoms with Gasteiger partial charge in [-0.05, 0) is 37.8 Å². The fraction of sp³-hybridized carbons (Fsp3) is 0.323. The Hall–Kier alpha value is -4.94. The number of hydrogen-bond acceptors (Lipinski definition) is 7. The predicted octanol–water partition coefficient (Wildman–Crippen LogP) is 5.15. The number of para-hydroxylation sites is 1. The van der Waals surface area contributed by atoms with Crippen LogP contribution in [0.2, 0.25) is 0 Å². The van der Waals surface area contributed by atoms with E-state index in [1.54, 1.807) is 30.3 Å². The van der Waals surface area contributed by atoms with E-state index in [1.807, 2.05) is 30.3 Å². The molecular formula is C31H30F3N5O5. The van der Waals surface area contributed by atoms with Crippen LogP contribution in [0.1, 0.15) is 64.0 Å². The van der Waals surface area contributed by atoms with Crippen molar-refractivity contribution in [3.05, 3.63) is 89.7 Å². The number of esters is 1. The highest BCUT2D eigenvalue weighted by molar-refractivity contribution is 5.95. The van der Waals surface area contributed by atoms with Gasteiger partial charge >= 0.3 is 12.1 Å². The number of halogens is 3. The van der Waals surface area contributed by atoms with Crippen molar-refractivity contribution < 1.29 is 36.7 Å². The van der Waals surface area contributed by atoms with Gasteiger partial charge in [0.2, 0.25) is 5.91 Å². The van der Waals surface area contributed by atoms with Gasteiger partial charge in [0.1, 0.15) is 0 Å². The Balaban J connectivity index is 1.13. The molecule has 2 amide bonds. The monoisotopic (exact) mass is 609 g/mol. The first-order valence-corrected chi connectivity index (χ1v) is 14.1. The maximum atomic E-state index is 13.6. The molecule has 1 aliphatic rings. The summed E-state index contributed by atoms with van der Waals surface area (Å²) in [7, 11) is 1.28. The van der Waals surface area contributed by atoms with E-state index in [0.29, 0.717) is 48.6 Å². The summed E-state index contributed by atoms with van der Waals surface area (Å²) in [6.45, 7) is -0.0239. The number of oxazole rings is 1. The first-order chi connectivity index (χ1) is 21.2. The zero-order valence-corrected chi connectivity index (χ0v) is 23.8. The van der Waals surface area contributed by atoms with Gasteiger partial charge < -0.3 is 19.8 Å². The second-order valence-electron chi connectivity index (χ2n) is 10.4. The van der Waals surface area contributed by atoms with E-state index in [9.17, 15) is 27.6 Å². The standard InChI is InChI=1S/C31H30F3N5O5/c1-43-30(42)24-25(19-8-4-2-5-9-19)44-29(37-24)21-14-12-20(13-15-21)27(40)35-16-17-36-28(41)23-18-39(22-10-6-3-7-11-22)38-26(23)31(32,33)34/h2-11,18,20-21H,12-17H2,1H3,(H,35,40)(H,36,41)/t20-,21-. The largest absolute Gasteiger partial charge is 0.464 e. The molecule has 0 unspecified atom stereocenters. The molecule has 2 N–H and O–H groups in total. The number of carbonyl (C=O) groups is 3. The Bertz CT molecular complexity index is 1610. The molecule has 10 nitrogen and oxygen atoms in total. The van der Waals surface area contributed by atoms with E-state index in [0.717, 1.165) is 10.9 Å². The maximum absolute atomic E-state index is 13.6. The van der Waals surface area contributed by atoms with Gasteiger partial charge in [-0.3, -0.25) is 9.59 Å². The summed E-state index contributed by atoms with van der Waals surface area (Å²) in [5.41, 5.74) is -0.720. The number of ether oxygens (including phenoxy) is 1. The number of hydrogen-bond donors (Lipinski definition) is 2. The molecular weight excluding hydrogens is 579 g/mol. The second kappa shape index (κ2) is 13.1. The molecule has 0 radical (unpaired) electrons. The highest BCUT2D eigenvalue weighted by atomic mass is 19.4. The van der Waals surface area contributed by atoms with Gasteiger partial charge in [-0.2, -0.15) is 18.3 Å². The van der Waals surface area contributed by atoms with Crippen LogP contribution in [0.25, 0.3) is 17.0 Å². The summed E-state index contributed by atoms with van der Waals surface area (Å²) in [6.07, 6.45) is -1.48. The number of rotatable bonds is 9. The maximum Gasteiger partial charge on any atom is 0.435 e. The van der Waals surface area contributed by atoms with Crippen molar-refractivity contribution in [2.45, 2.75) is 37.8 Å². The van der Waals surface area contributed by atoms with Gasteiger partial charge in [-0.25, -0.2) is 14.5 Å². The van der Waals surface area contributed by atoms with Crippen LogP contribution < -0.4 is 10.6 Å². The molecule has 2 heterocycles. The number of carbonyl (C=O) groups excluding carboxylic acids is 3. The summed E-state index contributed by atoms with van der Waals surface area (Å²) in [5, 5.41) is 8.76. The first-order valence-electron chi connectivity index (χ1n) is 14.1. The third-order valence-electron chi connectivity index (χ3n) is 7.46. The normalized spacial score (nSPS) is 16.7. The first kappa shape index (κ1) is 30.5. The average Bonchev–Trinajstić information content (AvgIpc) is 3.70. The summed E-state index contributed by atoms with van der Waals surface area (Å²) < 4.78 is 52.7. The van der Waals surface area contributed by atoms with E-state index in [4.69, 9.17) is 9.15 Å². The van der Waals surface area contributed by atoms with Gasteiger partial charge in [0.05, 0.1) is 18.4 Å². The third kappa shape index (κ3) is 6.82. The molecule has 0 aliphatic heterocycles. The average molecular weight is 610 g/mol. The van der Waals surface area contributed by atoms with E-state index >= 15 is 0 Å². The van der Waals surface area contributed by atoms with Crippen LogP contribution in [-0.2, 0) is 15.7 Å². The van der Waals surface area contributed by atoms with Crippen molar-refractivity contribution in [1.29, 1.82) is 0 Å². The second-order valence-corrected chi connectivity index (χ2v) is 10.4. The SMILES string of the molecule is COC(=O)c1nc([C@H]2CC[C@H](C(=O)NCCNC(=O)c3cn(-c4ccccc4)nc3C(F)(F)F)CC2)oc1-c1ccccc1. The van der Waals surface area contributed by atoms with Gasteiger partial charge in [-0.15, -0.1) is 0 Å². The lowest BCUT2D eigenvalue weighted by Crippen LogP contribution is -2.38. The fourth-order valence-corrected chi connectivity index (χ4v) is 5.20. The molecule has 44 heavy (non-hydrogen) atoms. The van der Waals surface area contributed by atoms with Crippen LogP contribution in [0.15, 0.2) is 71.3 Å². The summed E-state index contributed by atoms with van der Waals surface area (Å²) >= 11 is 0. The number of aromatic nitrogens is 3. The quantitative estimate of drug-likeness (QED) is 0.198. The number of nitrogens with one attached hydrogen (secondary N) is 2. The highest BCUT2D eigenvalue weighted by Crippen LogP contribution is 2.38.